The van der Waals surface area contributed by atoms with Crippen LogP contribution in [-0.2, 0) is 15.6 Å². The van der Waals surface area contributed by atoms with Gasteiger partial charge in [0.1, 0.15) is 5.84 Å². The summed E-state index contributed by atoms with van der Waals surface area (Å²) in [7, 11) is -1.54. The average Bonchev–Trinajstić information content (AvgIpc) is 3.13. The Bertz CT molecular complexity index is 1330. The molecule has 1 aliphatic heterocycles. The van der Waals surface area contributed by atoms with Crippen LogP contribution in [-0.4, -0.2) is 37.3 Å². The van der Waals surface area contributed by atoms with E-state index in [0.29, 0.717) is 11.4 Å². The molecule has 0 saturated heterocycles. The Kier molecular flexibility index (Phi) is 4.56. The lowest BCUT2D eigenvalue weighted by Crippen LogP contribution is -2.50. The zero-order valence-corrected chi connectivity index (χ0v) is 17.8. The van der Waals surface area contributed by atoms with Crippen molar-refractivity contribution in [1.29, 1.82) is 0 Å². The van der Waals surface area contributed by atoms with Crippen molar-refractivity contribution in [3.63, 3.8) is 0 Å². The number of aromatic nitrogens is 2. The van der Waals surface area contributed by atoms with Gasteiger partial charge in [-0.3, -0.25) is 10.8 Å². The molecule has 1 unspecified atom stereocenters. The summed E-state index contributed by atoms with van der Waals surface area (Å²) in [6, 6.07) is 10.3. The summed E-state index contributed by atoms with van der Waals surface area (Å²) < 4.78 is 32.6. The molecule has 9 heteroatoms. The van der Waals surface area contributed by atoms with Gasteiger partial charge >= 0.3 is 0 Å². The molecule has 0 fully saturated rings. The number of nitrogens with zero attached hydrogens (tertiary/aromatic N) is 3. The molecule has 3 aromatic rings. The predicted octanol–water partition coefficient (Wildman–Crippen LogP) is 2.39. The zero-order valence-electron chi connectivity index (χ0n) is 18.0. The summed E-state index contributed by atoms with van der Waals surface area (Å²) in [6.07, 6.45) is 3.46. The van der Waals surface area contributed by atoms with Crippen molar-refractivity contribution in [2.75, 3.05) is 17.7 Å². The summed E-state index contributed by atoms with van der Waals surface area (Å²) in [4.78, 5) is 6.63. The van der Waals surface area contributed by atoms with E-state index in [1.807, 2.05) is 37.1 Å². The van der Waals surface area contributed by atoms with E-state index in [1.54, 1.807) is 19.2 Å². The summed E-state index contributed by atoms with van der Waals surface area (Å²) >= 11 is 0. The van der Waals surface area contributed by atoms with Crippen molar-refractivity contribution in [3.05, 3.63) is 66.0 Å². The molecule has 4 N–H and O–H groups in total. The van der Waals surface area contributed by atoms with Crippen LogP contribution in [0.3, 0.4) is 0 Å². The van der Waals surface area contributed by atoms with E-state index in [4.69, 9.17) is 7.10 Å². The van der Waals surface area contributed by atoms with Gasteiger partial charge in [-0.1, -0.05) is 19.0 Å². The third-order valence-corrected chi connectivity index (χ3v) is 6.96. The molecule has 1 aliphatic rings. The molecule has 0 amide bonds. The third kappa shape index (κ3) is 3.46. The van der Waals surface area contributed by atoms with Gasteiger partial charge in [-0.2, -0.15) is 5.10 Å². The molecule has 1 atom stereocenters. The quantitative estimate of drug-likeness (QED) is 0.591. The van der Waals surface area contributed by atoms with Gasteiger partial charge in [-0.05, 0) is 43.3 Å². The van der Waals surface area contributed by atoms with E-state index in [1.165, 1.54) is 18.2 Å². The van der Waals surface area contributed by atoms with Crippen molar-refractivity contribution < 1.29 is 9.79 Å². The number of likely N-dealkylation sites (N-methyl/N-ethyl adjacent to an activating group) is 1. The van der Waals surface area contributed by atoms with Gasteiger partial charge in [0.15, 0.2) is 9.84 Å². The Morgan fingerprint density at radius 1 is 1.27 bits per heavy atom. The molecular weight excluding hydrogens is 400 g/mol. The van der Waals surface area contributed by atoms with Crippen LogP contribution in [0.1, 0.15) is 19.6 Å². The monoisotopic (exact) mass is 425 g/mol. The predicted molar refractivity (Wildman–Crippen MR) is 119 cm³/mol. The van der Waals surface area contributed by atoms with Gasteiger partial charge in [0.25, 0.3) is 0 Å². The molecule has 0 radical (unpaired) electrons. The van der Waals surface area contributed by atoms with Crippen LogP contribution < -0.4 is 16.0 Å². The number of H-pyrrole nitrogens is 1. The number of aromatic amines is 1. The first-order valence-electron chi connectivity index (χ1n) is 10.00. The standard InChI is InChI=1S/C21H24N6O2S/c1-4-30(28,29)17-8-5-15(6-9-17)21(22)23-12-11-20(24-21)27(3)16-7-10-18-14(2)25-26-19(18)13-16/h5-13,23H,4,22H2,1-3H3,(H,25,26)/i5D. The Balaban J connectivity index is 1.70. The van der Waals surface area contributed by atoms with Crippen molar-refractivity contribution in [1.82, 2.24) is 15.5 Å². The third-order valence-electron chi connectivity index (χ3n) is 5.23. The minimum absolute atomic E-state index is 0.0000622. The maximum Gasteiger partial charge on any atom is 0.211 e. The lowest BCUT2D eigenvalue weighted by atomic mass is 10.1. The molecular formula is C21H24N6O2S. The number of amidine groups is 1. The highest BCUT2D eigenvalue weighted by molar-refractivity contribution is 7.91. The van der Waals surface area contributed by atoms with Gasteiger partial charge in [0.05, 0.1) is 23.2 Å². The Hall–Kier alpha value is -3.17. The number of rotatable bonds is 4. The van der Waals surface area contributed by atoms with Crippen LogP contribution >= 0.6 is 0 Å². The second-order valence-electron chi connectivity index (χ2n) is 7.15. The van der Waals surface area contributed by atoms with E-state index in [-0.39, 0.29) is 16.7 Å². The first-order chi connectivity index (χ1) is 14.6. The molecule has 2 aromatic carbocycles. The molecule has 156 valence electrons. The van der Waals surface area contributed by atoms with Crippen molar-refractivity contribution in [3.8, 4) is 0 Å². The van der Waals surface area contributed by atoms with Gasteiger partial charge in [-0.15, -0.1) is 0 Å². The Morgan fingerprint density at radius 3 is 2.80 bits per heavy atom. The van der Waals surface area contributed by atoms with Gasteiger partial charge < -0.3 is 10.2 Å². The van der Waals surface area contributed by atoms with Crippen LogP contribution in [0.5, 0.6) is 0 Å². The second-order valence-corrected chi connectivity index (χ2v) is 9.43. The van der Waals surface area contributed by atoms with Crippen molar-refractivity contribution in [2.24, 2.45) is 10.7 Å². The van der Waals surface area contributed by atoms with Crippen LogP contribution in [0.2, 0.25) is 0 Å². The lowest BCUT2D eigenvalue weighted by molar-refractivity contribution is 0.409. The summed E-state index contributed by atoms with van der Waals surface area (Å²) in [5.41, 5.74) is 9.62. The maximum absolute atomic E-state index is 12.1. The number of nitrogens with two attached hydrogens (primary N) is 1. The van der Waals surface area contributed by atoms with E-state index in [9.17, 15) is 8.42 Å². The van der Waals surface area contributed by atoms with Crippen molar-refractivity contribution >= 4 is 32.3 Å². The molecule has 2 heterocycles. The molecule has 0 spiro atoms. The smallest absolute Gasteiger partial charge is 0.211 e. The van der Waals surface area contributed by atoms with E-state index in [2.05, 4.69) is 20.5 Å². The number of aliphatic imine (C=N–C) groups is 1. The molecule has 1 aromatic heterocycles. The highest BCUT2D eigenvalue weighted by Crippen LogP contribution is 2.26. The Labute approximate surface area is 176 Å². The number of aryl methyl sites for hydroxylation is 1. The molecule has 8 nitrogen and oxygen atoms in total. The highest BCUT2D eigenvalue weighted by Gasteiger charge is 2.29. The van der Waals surface area contributed by atoms with Crippen LogP contribution in [0.4, 0.5) is 5.69 Å². The first kappa shape index (κ1) is 18.8. The summed E-state index contributed by atoms with van der Waals surface area (Å²) in [6.45, 7) is 3.51. The van der Waals surface area contributed by atoms with Crippen molar-refractivity contribution in [2.45, 2.75) is 24.5 Å². The van der Waals surface area contributed by atoms with E-state index in [0.717, 1.165) is 22.3 Å². The summed E-state index contributed by atoms with van der Waals surface area (Å²) in [5, 5.41) is 11.3. The summed E-state index contributed by atoms with van der Waals surface area (Å²) in [5.74, 6) is -0.853. The SMILES string of the molecule is [2H]c1cc(S(=O)(=O)CC)ccc1C1(N)N=C(N(C)c2ccc3c(C)n[nH]c3c2)C=CN1. The minimum Gasteiger partial charge on any atom is -0.351 e. The number of hydrogen-bond acceptors (Lipinski definition) is 7. The number of fused-ring (bicyclic) bond motifs is 1. The number of benzene rings is 2. The largest absolute Gasteiger partial charge is 0.351 e. The lowest BCUT2D eigenvalue weighted by Gasteiger charge is -2.32. The maximum atomic E-state index is 12.1. The number of hydrogen-bond donors (Lipinski definition) is 3. The molecule has 4 rings (SSSR count). The number of sulfone groups is 1. The van der Waals surface area contributed by atoms with Gasteiger partial charge in [-0.25, -0.2) is 13.4 Å². The topological polar surface area (TPSA) is 116 Å². The van der Waals surface area contributed by atoms with Crippen LogP contribution in [0, 0.1) is 6.92 Å². The van der Waals surface area contributed by atoms with Gasteiger partial charge in [0, 0.05) is 29.9 Å². The number of anilines is 1. The fourth-order valence-corrected chi connectivity index (χ4v) is 4.16. The number of nitrogens with one attached hydrogen (secondary N) is 2. The van der Waals surface area contributed by atoms with E-state index < -0.39 is 15.6 Å². The fraction of sp³-hybridized carbons (Fsp3) is 0.238. The molecule has 30 heavy (non-hydrogen) atoms. The Morgan fingerprint density at radius 2 is 2.07 bits per heavy atom. The normalized spacial score (nSPS) is 19.3. The highest BCUT2D eigenvalue weighted by atomic mass is 32.2. The second kappa shape index (κ2) is 7.26. The average molecular weight is 426 g/mol. The van der Waals surface area contributed by atoms with E-state index >= 15 is 0 Å². The minimum atomic E-state index is -3.41. The van der Waals surface area contributed by atoms with Gasteiger partial charge in [0.2, 0.25) is 5.79 Å². The molecule has 0 saturated carbocycles. The molecule has 0 bridgehead atoms. The zero-order chi connectivity index (χ0) is 22.4. The first-order valence-corrected chi connectivity index (χ1v) is 11.1. The fourth-order valence-electron chi connectivity index (χ4n) is 3.31. The van der Waals surface area contributed by atoms with Crippen LogP contribution in [0.25, 0.3) is 10.9 Å². The van der Waals surface area contributed by atoms with Crippen LogP contribution in [0.15, 0.2) is 64.6 Å². The molecule has 0 aliphatic carbocycles.